The molecule has 1 heterocycles. The molecule has 0 unspecified atom stereocenters. The number of hydrogen-bond acceptors (Lipinski definition) is 3. The van der Waals surface area contributed by atoms with Crippen molar-refractivity contribution in [2.45, 2.75) is 44.7 Å². The largest absolute Gasteiger partial charge is 0.480 e. The Morgan fingerprint density at radius 3 is 2.79 bits per heavy atom. The van der Waals surface area contributed by atoms with Crippen LogP contribution in [0.4, 0.5) is 10.5 Å². The van der Waals surface area contributed by atoms with Crippen LogP contribution in [0.15, 0.2) is 12.4 Å². The Kier molecular flexibility index (Phi) is 3.73. The molecule has 3 N–H and O–H groups in total. The van der Waals surface area contributed by atoms with Crippen LogP contribution in [-0.2, 0) is 11.3 Å². The molecule has 1 fully saturated rings. The number of aliphatic carboxylic acids is 1. The molecule has 104 valence electrons. The lowest BCUT2D eigenvalue weighted by molar-refractivity contribution is -0.137. The van der Waals surface area contributed by atoms with Crippen molar-refractivity contribution in [3.05, 3.63) is 12.4 Å². The van der Waals surface area contributed by atoms with Gasteiger partial charge in [-0.3, -0.25) is 9.48 Å². The van der Waals surface area contributed by atoms with E-state index in [0.717, 1.165) is 25.7 Å². The van der Waals surface area contributed by atoms with E-state index in [1.807, 2.05) is 6.92 Å². The van der Waals surface area contributed by atoms with Crippen molar-refractivity contribution in [3.8, 4) is 0 Å². The van der Waals surface area contributed by atoms with Crippen molar-refractivity contribution in [2.75, 3.05) is 5.32 Å². The second-order valence-corrected chi connectivity index (χ2v) is 5.17. The normalized spacial score (nSPS) is 17.1. The van der Waals surface area contributed by atoms with Crippen molar-refractivity contribution in [3.63, 3.8) is 0 Å². The molecule has 2 amide bonds. The van der Waals surface area contributed by atoms with E-state index in [1.54, 1.807) is 0 Å². The van der Waals surface area contributed by atoms with Crippen LogP contribution in [0.25, 0.3) is 0 Å². The van der Waals surface area contributed by atoms with Gasteiger partial charge in [0.05, 0.1) is 11.9 Å². The van der Waals surface area contributed by atoms with Gasteiger partial charge in [-0.15, -0.1) is 0 Å². The fourth-order valence-corrected chi connectivity index (χ4v) is 2.37. The van der Waals surface area contributed by atoms with Crippen molar-refractivity contribution >= 4 is 17.7 Å². The average Bonchev–Trinajstić information content (AvgIpc) is 2.87. The number of carboxylic acids is 1. The molecule has 0 atom stereocenters. The highest BCUT2D eigenvalue weighted by Crippen LogP contribution is 2.28. The second-order valence-electron chi connectivity index (χ2n) is 5.17. The van der Waals surface area contributed by atoms with Gasteiger partial charge in [-0.05, 0) is 19.8 Å². The number of nitrogens with zero attached hydrogens (tertiary/aromatic N) is 2. The molecule has 0 aromatic carbocycles. The average molecular weight is 266 g/mol. The fourth-order valence-electron chi connectivity index (χ4n) is 2.37. The zero-order valence-electron chi connectivity index (χ0n) is 10.8. The lowest BCUT2D eigenvalue weighted by Gasteiger charge is -2.25. The van der Waals surface area contributed by atoms with Crippen molar-refractivity contribution < 1.29 is 14.7 Å². The topological polar surface area (TPSA) is 96.3 Å². The molecule has 1 aliphatic rings. The Labute approximate surface area is 111 Å². The SMILES string of the molecule is CC1(NC(=O)Nc2cnn(CC(=O)O)c2)CCCC1. The molecular weight excluding hydrogens is 248 g/mol. The third-order valence-electron chi connectivity index (χ3n) is 3.31. The van der Waals surface area contributed by atoms with Crippen molar-refractivity contribution in [1.82, 2.24) is 15.1 Å². The van der Waals surface area contributed by atoms with Gasteiger partial charge in [-0.2, -0.15) is 5.10 Å². The Balaban J connectivity index is 1.88. The van der Waals surface area contributed by atoms with Gasteiger partial charge in [-0.1, -0.05) is 12.8 Å². The fraction of sp³-hybridized carbons (Fsp3) is 0.583. The first-order valence-corrected chi connectivity index (χ1v) is 6.30. The van der Waals surface area contributed by atoms with Gasteiger partial charge in [0.2, 0.25) is 0 Å². The van der Waals surface area contributed by atoms with Crippen LogP contribution in [-0.4, -0.2) is 32.4 Å². The van der Waals surface area contributed by atoms with Gasteiger partial charge < -0.3 is 15.7 Å². The minimum atomic E-state index is -0.974. The van der Waals surface area contributed by atoms with E-state index < -0.39 is 5.97 Å². The number of aromatic nitrogens is 2. The van der Waals surface area contributed by atoms with E-state index in [-0.39, 0.29) is 18.1 Å². The molecule has 0 saturated heterocycles. The third-order valence-corrected chi connectivity index (χ3v) is 3.31. The standard InChI is InChI=1S/C12H18N4O3/c1-12(4-2-3-5-12)15-11(19)14-9-6-13-16(7-9)8-10(17)18/h6-7H,2-5,8H2,1H3,(H,17,18)(H2,14,15,19). The first-order chi connectivity index (χ1) is 8.97. The molecule has 1 aromatic heterocycles. The number of carboxylic acid groups (broad SMARTS) is 1. The minimum Gasteiger partial charge on any atom is -0.480 e. The summed E-state index contributed by atoms with van der Waals surface area (Å²) in [6, 6.07) is -0.278. The van der Waals surface area contributed by atoms with Gasteiger partial charge in [0, 0.05) is 11.7 Å². The zero-order valence-corrected chi connectivity index (χ0v) is 10.8. The molecule has 1 aliphatic carbocycles. The summed E-state index contributed by atoms with van der Waals surface area (Å²) in [4.78, 5) is 22.3. The van der Waals surface area contributed by atoms with Crippen molar-refractivity contribution in [2.24, 2.45) is 0 Å². The summed E-state index contributed by atoms with van der Waals surface area (Å²) in [5.74, 6) is -0.974. The molecule has 0 spiro atoms. The van der Waals surface area contributed by atoms with Crippen LogP contribution >= 0.6 is 0 Å². The first-order valence-electron chi connectivity index (χ1n) is 6.30. The maximum Gasteiger partial charge on any atom is 0.325 e. The molecule has 19 heavy (non-hydrogen) atoms. The highest BCUT2D eigenvalue weighted by molar-refractivity contribution is 5.89. The van der Waals surface area contributed by atoms with Gasteiger partial charge in [-0.25, -0.2) is 4.79 Å². The molecule has 1 aromatic rings. The van der Waals surface area contributed by atoms with Crippen LogP contribution in [0.2, 0.25) is 0 Å². The summed E-state index contributed by atoms with van der Waals surface area (Å²) in [6.45, 7) is 1.81. The van der Waals surface area contributed by atoms with Crippen LogP contribution < -0.4 is 10.6 Å². The van der Waals surface area contributed by atoms with Gasteiger partial charge >= 0.3 is 12.0 Å². The van der Waals surface area contributed by atoms with Crippen LogP contribution in [0, 0.1) is 0 Å². The van der Waals surface area contributed by atoms with E-state index >= 15 is 0 Å². The van der Waals surface area contributed by atoms with Gasteiger partial charge in [0.25, 0.3) is 0 Å². The summed E-state index contributed by atoms with van der Waals surface area (Å²) in [7, 11) is 0. The number of anilines is 1. The lowest BCUT2D eigenvalue weighted by atomic mass is 10.0. The summed E-state index contributed by atoms with van der Waals surface area (Å²) in [5.41, 5.74) is 0.349. The Morgan fingerprint density at radius 1 is 1.47 bits per heavy atom. The molecule has 0 radical (unpaired) electrons. The van der Waals surface area contributed by atoms with Gasteiger partial charge in [0.15, 0.2) is 0 Å². The predicted octanol–water partition coefficient (Wildman–Crippen LogP) is 1.42. The number of urea groups is 1. The summed E-state index contributed by atoms with van der Waals surface area (Å²) in [5, 5.41) is 18.1. The second kappa shape index (κ2) is 5.29. The first kappa shape index (κ1) is 13.4. The number of amides is 2. The number of nitrogens with one attached hydrogen (secondary N) is 2. The quantitative estimate of drug-likeness (QED) is 0.768. The Hall–Kier alpha value is -2.05. The molecule has 7 nitrogen and oxygen atoms in total. The molecule has 0 bridgehead atoms. The highest BCUT2D eigenvalue weighted by Gasteiger charge is 2.30. The number of hydrogen-bond donors (Lipinski definition) is 3. The maximum atomic E-state index is 11.8. The molecule has 2 rings (SSSR count). The van der Waals surface area contributed by atoms with E-state index in [2.05, 4.69) is 15.7 Å². The van der Waals surface area contributed by atoms with Crippen LogP contribution in [0.1, 0.15) is 32.6 Å². The summed E-state index contributed by atoms with van der Waals surface area (Å²) < 4.78 is 1.26. The lowest BCUT2D eigenvalue weighted by Crippen LogP contribution is -2.45. The van der Waals surface area contributed by atoms with Crippen LogP contribution in [0.3, 0.4) is 0 Å². The van der Waals surface area contributed by atoms with Crippen molar-refractivity contribution in [1.29, 1.82) is 0 Å². The third kappa shape index (κ3) is 3.70. The maximum absolute atomic E-state index is 11.8. The molecule has 0 aliphatic heterocycles. The molecular formula is C12H18N4O3. The van der Waals surface area contributed by atoms with E-state index in [4.69, 9.17) is 5.11 Å². The van der Waals surface area contributed by atoms with E-state index in [9.17, 15) is 9.59 Å². The Bertz CT molecular complexity index is 477. The summed E-state index contributed by atoms with van der Waals surface area (Å²) >= 11 is 0. The zero-order chi connectivity index (χ0) is 13.9. The van der Waals surface area contributed by atoms with E-state index in [1.165, 1.54) is 17.1 Å². The molecule has 1 saturated carbocycles. The predicted molar refractivity (Wildman–Crippen MR) is 68.9 cm³/mol. The monoisotopic (exact) mass is 266 g/mol. The number of rotatable bonds is 4. The van der Waals surface area contributed by atoms with Gasteiger partial charge in [0.1, 0.15) is 6.54 Å². The highest BCUT2D eigenvalue weighted by atomic mass is 16.4. The molecule has 7 heteroatoms. The van der Waals surface area contributed by atoms with E-state index in [0.29, 0.717) is 5.69 Å². The summed E-state index contributed by atoms with van der Waals surface area (Å²) in [6.07, 6.45) is 7.15. The Morgan fingerprint density at radius 2 is 2.16 bits per heavy atom. The minimum absolute atomic E-state index is 0.138. The smallest absolute Gasteiger partial charge is 0.325 e. The van der Waals surface area contributed by atoms with Crippen LogP contribution in [0.5, 0.6) is 0 Å². The number of carbonyl (C=O) groups is 2. The number of carbonyl (C=O) groups excluding carboxylic acids is 1.